The SMILES string of the molecule is CCCCCCCCCCCCCC(O)CCCCCCCC. The van der Waals surface area contributed by atoms with Crippen LogP contribution in [0.25, 0.3) is 0 Å². The van der Waals surface area contributed by atoms with Crippen molar-refractivity contribution in [3.63, 3.8) is 0 Å². The van der Waals surface area contributed by atoms with Crippen LogP contribution in [0.3, 0.4) is 0 Å². The number of unbranched alkanes of at least 4 members (excludes halogenated alkanes) is 15. The Bertz CT molecular complexity index is 202. The van der Waals surface area contributed by atoms with Crippen molar-refractivity contribution in [3.05, 3.63) is 0 Å². The second kappa shape index (κ2) is 20.0. The van der Waals surface area contributed by atoms with Crippen LogP contribution in [0.2, 0.25) is 0 Å². The molecule has 0 bridgehead atoms. The highest BCUT2D eigenvalue weighted by Crippen LogP contribution is 2.15. The Morgan fingerprint density at radius 1 is 0.435 bits per heavy atom. The van der Waals surface area contributed by atoms with Crippen LogP contribution in [0, 0.1) is 0 Å². The smallest absolute Gasteiger partial charge is 0.0540 e. The minimum Gasteiger partial charge on any atom is -0.393 e. The van der Waals surface area contributed by atoms with Crippen LogP contribution < -0.4 is 0 Å². The van der Waals surface area contributed by atoms with E-state index in [0.717, 1.165) is 12.8 Å². The van der Waals surface area contributed by atoms with Crippen LogP contribution in [0.1, 0.15) is 136 Å². The largest absolute Gasteiger partial charge is 0.393 e. The molecular weight excluding hydrogens is 280 g/mol. The van der Waals surface area contributed by atoms with Gasteiger partial charge in [0, 0.05) is 0 Å². The van der Waals surface area contributed by atoms with Crippen LogP contribution in [0.5, 0.6) is 0 Å². The van der Waals surface area contributed by atoms with Crippen molar-refractivity contribution in [3.8, 4) is 0 Å². The first-order valence-electron chi connectivity index (χ1n) is 11.0. The molecule has 23 heavy (non-hydrogen) atoms. The number of aliphatic hydroxyl groups excluding tert-OH is 1. The maximum Gasteiger partial charge on any atom is 0.0540 e. The van der Waals surface area contributed by atoms with Gasteiger partial charge in [-0.05, 0) is 12.8 Å². The minimum absolute atomic E-state index is 0.0280. The van der Waals surface area contributed by atoms with Gasteiger partial charge in [-0.25, -0.2) is 0 Å². The van der Waals surface area contributed by atoms with Crippen LogP contribution >= 0.6 is 0 Å². The molecule has 0 aromatic carbocycles. The fourth-order valence-electron chi connectivity index (χ4n) is 3.35. The van der Waals surface area contributed by atoms with E-state index in [1.807, 2.05) is 0 Å². The van der Waals surface area contributed by atoms with Gasteiger partial charge in [-0.1, -0.05) is 123 Å². The first-order chi connectivity index (χ1) is 11.3. The molecule has 0 aromatic rings. The van der Waals surface area contributed by atoms with E-state index in [9.17, 15) is 5.11 Å². The molecular formula is C22H46O. The van der Waals surface area contributed by atoms with Gasteiger partial charge in [0.1, 0.15) is 0 Å². The lowest BCUT2D eigenvalue weighted by molar-refractivity contribution is 0.147. The maximum atomic E-state index is 10.00. The van der Waals surface area contributed by atoms with Gasteiger partial charge in [0.05, 0.1) is 6.10 Å². The summed E-state index contributed by atoms with van der Waals surface area (Å²) < 4.78 is 0. The molecule has 1 N–H and O–H groups in total. The third-order valence-corrected chi connectivity index (χ3v) is 5.03. The van der Waals surface area contributed by atoms with Gasteiger partial charge in [-0.3, -0.25) is 0 Å². The fraction of sp³-hybridized carbons (Fsp3) is 1.00. The molecule has 0 aliphatic heterocycles. The highest BCUT2D eigenvalue weighted by atomic mass is 16.3. The number of hydrogen-bond donors (Lipinski definition) is 1. The van der Waals surface area contributed by atoms with Crippen molar-refractivity contribution in [2.45, 2.75) is 142 Å². The third kappa shape index (κ3) is 19.9. The van der Waals surface area contributed by atoms with E-state index in [2.05, 4.69) is 13.8 Å². The predicted octanol–water partition coefficient (Wildman–Crippen LogP) is 7.80. The molecule has 0 saturated heterocycles. The topological polar surface area (TPSA) is 20.2 Å². The van der Waals surface area contributed by atoms with Gasteiger partial charge >= 0.3 is 0 Å². The summed E-state index contributed by atoms with van der Waals surface area (Å²) in [5, 5.41) is 10.00. The summed E-state index contributed by atoms with van der Waals surface area (Å²) in [6.07, 6.45) is 25.3. The monoisotopic (exact) mass is 326 g/mol. The average Bonchev–Trinajstić information content (AvgIpc) is 2.56. The zero-order valence-corrected chi connectivity index (χ0v) is 16.5. The van der Waals surface area contributed by atoms with Crippen molar-refractivity contribution in [1.29, 1.82) is 0 Å². The van der Waals surface area contributed by atoms with Crippen LogP contribution in [-0.4, -0.2) is 11.2 Å². The highest BCUT2D eigenvalue weighted by molar-refractivity contribution is 4.57. The summed E-state index contributed by atoms with van der Waals surface area (Å²) >= 11 is 0. The summed E-state index contributed by atoms with van der Waals surface area (Å²) in [6, 6.07) is 0. The summed E-state index contributed by atoms with van der Waals surface area (Å²) in [5.74, 6) is 0. The fourth-order valence-corrected chi connectivity index (χ4v) is 3.35. The lowest BCUT2D eigenvalue weighted by atomic mass is 10.0. The van der Waals surface area contributed by atoms with Crippen molar-refractivity contribution in [2.75, 3.05) is 0 Å². The zero-order chi connectivity index (χ0) is 17.0. The van der Waals surface area contributed by atoms with Crippen molar-refractivity contribution in [2.24, 2.45) is 0 Å². The summed E-state index contributed by atoms with van der Waals surface area (Å²) in [5.41, 5.74) is 0. The number of hydrogen-bond acceptors (Lipinski definition) is 1. The molecule has 0 fully saturated rings. The van der Waals surface area contributed by atoms with Gasteiger partial charge < -0.3 is 5.11 Å². The third-order valence-electron chi connectivity index (χ3n) is 5.03. The molecule has 1 heteroatoms. The molecule has 1 atom stereocenters. The van der Waals surface area contributed by atoms with Gasteiger partial charge in [0.15, 0.2) is 0 Å². The van der Waals surface area contributed by atoms with E-state index in [1.165, 1.54) is 109 Å². The molecule has 0 aromatic heterocycles. The number of aliphatic hydroxyl groups is 1. The van der Waals surface area contributed by atoms with E-state index in [1.54, 1.807) is 0 Å². The minimum atomic E-state index is -0.0280. The Hall–Kier alpha value is -0.0400. The van der Waals surface area contributed by atoms with Crippen molar-refractivity contribution in [1.82, 2.24) is 0 Å². The van der Waals surface area contributed by atoms with E-state index >= 15 is 0 Å². The Morgan fingerprint density at radius 2 is 0.696 bits per heavy atom. The molecule has 0 aliphatic rings. The average molecular weight is 327 g/mol. The highest BCUT2D eigenvalue weighted by Gasteiger charge is 2.03. The standard InChI is InChI=1S/C22H46O/c1-3-5-7-9-11-12-13-14-15-17-19-21-22(23)20-18-16-10-8-6-4-2/h22-23H,3-21H2,1-2H3. The molecule has 0 radical (unpaired) electrons. The second-order valence-electron chi connectivity index (χ2n) is 7.53. The van der Waals surface area contributed by atoms with Gasteiger partial charge in [-0.2, -0.15) is 0 Å². The summed E-state index contributed by atoms with van der Waals surface area (Å²) in [6.45, 7) is 4.54. The normalized spacial score (nSPS) is 12.7. The molecule has 0 heterocycles. The summed E-state index contributed by atoms with van der Waals surface area (Å²) in [7, 11) is 0. The zero-order valence-electron chi connectivity index (χ0n) is 16.5. The van der Waals surface area contributed by atoms with Crippen LogP contribution in [0.4, 0.5) is 0 Å². The molecule has 0 aliphatic carbocycles. The Kier molecular flexibility index (Phi) is 20.0. The van der Waals surface area contributed by atoms with Crippen molar-refractivity contribution < 1.29 is 5.11 Å². The molecule has 1 unspecified atom stereocenters. The van der Waals surface area contributed by atoms with E-state index in [-0.39, 0.29) is 6.10 Å². The molecule has 0 spiro atoms. The molecule has 0 rings (SSSR count). The Morgan fingerprint density at radius 3 is 1.00 bits per heavy atom. The molecule has 140 valence electrons. The van der Waals surface area contributed by atoms with Crippen molar-refractivity contribution >= 4 is 0 Å². The predicted molar refractivity (Wildman–Crippen MR) is 105 cm³/mol. The quantitative estimate of drug-likeness (QED) is 0.240. The first kappa shape index (κ1) is 23.0. The molecule has 0 saturated carbocycles. The van der Waals surface area contributed by atoms with E-state index in [0.29, 0.717) is 0 Å². The molecule has 1 nitrogen and oxygen atoms in total. The van der Waals surface area contributed by atoms with Crippen LogP contribution in [-0.2, 0) is 0 Å². The lowest BCUT2D eigenvalue weighted by Gasteiger charge is -2.10. The van der Waals surface area contributed by atoms with E-state index in [4.69, 9.17) is 0 Å². The first-order valence-corrected chi connectivity index (χ1v) is 11.0. The van der Waals surface area contributed by atoms with Gasteiger partial charge in [0.2, 0.25) is 0 Å². The lowest BCUT2D eigenvalue weighted by Crippen LogP contribution is -2.05. The van der Waals surface area contributed by atoms with Gasteiger partial charge in [0.25, 0.3) is 0 Å². The Balaban J connectivity index is 3.10. The second-order valence-corrected chi connectivity index (χ2v) is 7.53. The maximum absolute atomic E-state index is 10.00. The number of rotatable bonds is 19. The molecule has 0 amide bonds. The Labute approximate surface area is 147 Å². The summed E-state index contributed by atoms with van der Waals surface area (Å²) in [4.78, 5) is 0. The van der Waals surface area contributed by atoms with Crippen LogP contribution in [0.15, 0.2) is 0 Å². The van der Waals surface area contributed by atoms with Gasteiger partial charge in [-0.15, -0.1) is 0 Å². The van der Waals surface area contributed by atoms with E-state index < -0.39 is 0 Å².